The zero-order chi connectivity index (χ0) is 19.2. The van der Waals surface area contributed by atoms with Crippen LogP contribution in [0.3, 0.4) is 0 Å². The third-order valence-electron chi connectivity index (χ3n) is 3.99. The average molecular weight is 376 g/mol. The van der Waals surface area contributed by atoms with E-state index in [9.17, 15) is 13.2 Å². The second-order valence-electron chi connectivity index (χ2n) is 5.86. The molecule has 0 fully saturated rings. The van der Waals surface area contributed by atoms with E-state index in [1.54, 1.807) is 29.2 Å². The summed E-state index contributed by atoms with van der Waals surface area (Å²) >= 11 is 0. The van der Waals surface area contributed by atoms with Crippen molar-refractivity contribution in [3.05, 3.63) is 60.2 Å². The molecule has 0 aliphatic heterocycles. The molecule has 0 saturated heterocycles. The number of carbonyl (C=O) groups is 1. The van der Waals surface area contributed by atoms with E-state index in [0.717, 1.165) is 16.1 Å². The van der Waals surface area contributed by atoms with Gasteiger partial charge in [0.25, 0.3) is 0 Å². The van der Waals surface area contributed by atoms with Gasteiger partial charge in [0, 0.05) is 13.1 Å². The van der Waals surface area contributed by atoms with Crippen molar-refractivity contribution in [3.63, 3.8) is 0 Å². The minimum absolute atomic E-state index is 0.244. The second-order valence-corrected chi connectivity index (χ2v) is 7.77. The zero-order valence-electron chi connectivity index (χ0n) is 15.3. The number of likely N-dealkylation sites (N-methyl/N-ethyl adjacent to an activating group) is 1. The molecule has 7 heteroatoms. The predicted molar refractivity (Wildman–Crippen MR) is 103 cm³/mol. The highest BCUT2D eigenvalue weighted by Crippen LogP contribution is 2.21. The first-order chi connectivity index (χ1) is 12.3. The smallest absolute Gasteiger partial charge is 0.243 e. The van der Waals surface area contributed by atoms with Gasteiger partial charge in [-0.25, -0.2) is 8.42 Å². The molecule has 0 bridgehead atoms. The Morgan fingerprint density at radius 2 is 1.65 bits per heavy atom. The van der Waals surface area contributed by atoms with Gasteiger partial charge in [-0.1, -0.05) is 30.3 Å². The van der Waals surface area contributed by atoms with E-state index in [0.29, 0.717) is 24.5 Å². The van der Waals surface area contributed by atoms with Gasteiger partial charge in [0.1, 0.15) is 12.3 Å². The maximum Gasteiger partial charge on any atom is 0.243 e. The van der Waals surface area contributed by atoms with Crippen LogP contribution in [-0.4, -0.2) is 45.7 Å². The van der Waals surface area contributed by atoms with Crippen LogP contribution in [0.4, 0.5) is 5.69 Å². The molecule has 0 radical (unpaired) electrons. The maximum atomic E-state index is 12.7. The van der Waals surface area contributed by atoms with Gasteiger partial charge in [0.05, 0.1) is 19.1 Å². The Morgan fingerprint density at radius 3 is 2.15 bits per heavy atom. The standard InChI is InChI=1S/C19H24N2O4S/c1-4-20(14-16-8-6-5-7-9-16)19(22)15-21(26(3,23)24)17-10-12-18(25-2)13-11-17/h5-13H,4,14-15H2,1-3H3. The van der Waals surface area contributed by atoms with Crippen molar-refractivity contribution < 1.29 is 17.9 Å². The molecule has 2 rings (SSSR count). The summed E-state index contributed by atoms with van der Waals surface area (Å²) in [5, 5.41) is 0. The number of amides is 1. The van der Waals surface area contributed by atoms with Gasteiger partial charge in [-0.15, -0.1) is 0 Å². The first kappa shape index (κ1) is 19.8. The minimum Gasteiger partial charge on any atom is -0.497 e. The van der Waals surface area contributed by atoms with Gasteiger partial charge in [0.15, 0.2) is 0 Å². The number of hydrogen-bond donors (Lipinski definition) is 0. The van der Waals surface area contributed by atoms with Crippen LogP contribution in [0.2, 0.25) is 0 Å². The number of benzene rings is 2. The van der Waals surface area contributed by atoms with Gasteiger partial charge >= 0.3 is 0 Å². The van der Waals surface area contributed by atoms with Crippen LogP contribution < -0.4 is 9.04 Å². The lowest BCUT2D eigenvalue weighted by Crippen LogP contribution is -2.42. The largest absolute Gasteiger partial charge is 0.497 e. The fourth-order valence-electron chi connectivity index (χ4n) is 2.55. The number of anilines is 1. The minimum atomic E-state index is -3.60. The molecule has 0 atom stereocenters. The Labute approximate surface area is 155 Å². The predicted octanol–water partition coefficient (Wildman–Crippen LogP) is 2.51. The summed E-state index contributed by atoms with van der Waals surface area (Å²) in [6.07, 6.45) is 1.10. The first-order valence-corrected chi connectivity index (χ1v) is 10.1. The van der Waals surface area contributed by atoms with Gasteiger partial charge in [-0.05, 0) is 36.8 Å². The van der Waals surface area contributed by atoms with Crippen LogP contribution in [0.1, 0.15) is 12.5 Å². The Balaban J connectivity index is 2.19. The highest BCUT2D eigenvalue weighted by molar-refractivity contribution is 7.92. The second kappa shape index (κ2) is 8.71. The summed E-state index contributed by atoms with van der Waals surface area (Å²) in [5.74, 6) is 0.366. The van der Waals surface area contributed by atoms with Crippen molar-refractivity contribution in [1.29, 1.82) is 0 Å². The highest BCUT2D eigenvalue weighted by atomic mass is 32.2. The topological polar surface area (TPSA) is 66.9 Å². The van der Waals surface area contributed by atoms with Crippen molar-refractivity contribution >= 4 is 21.6 Å². The molecule has 0 heterocycles. The molecule has 2 aromatic rings. The Bertz CT molecular complexity index is 820. The van der Waals surface area contributed by atoms with Crippen molar-refractivity contribution in [1.82, 2.24) is 4.90 Å². The Hall–Kier alpha value is -2.54. The van der Waals surface area contributed by atoms with Crippen molar-refractivity contribution in [2.24, 2.45) is 0 Å². The number of carbonyl (C=O) groups excluding carboxylic acids is 1. The Morgan fingerprint density at radius 1 is 1.04 bits per heavy atom. The number of rotatable bonds is 8. The van der Waals surface area contributed by atoms with Crippen LogP contribution in [0.5, 0.6) is 5.75 Å². The van der Waals surface area contributed by atoms with Crippen LogP contribution in [0.25, 0.3) is 0 Å². The van der Waals surface area contributed by atoms with Crippen LogP contribution in [-0.2, 0) is 21.4 Å². The highest BCUT2D eigenvalue weighted by Gasteiger charge is 2.23. The first-order valence-electron chi connectivity index (χ1n) is 8.28. The number of sulfonamides is 1. The summed E-state index contributed by atoms with van der Waals surface area (Å²) in [7, 11) is -2.06. The van der Waals surface area contributed by atoms with Gasteiger partial charge in [-0.3, -0.25) is 9.10 Å². The summed E-state index contributed by atoms with van der Waals surface area (Å²) in [5.41, 5.74) is 1.43. The fraction of sp³-hybridized carbons (Fsp3) is 0.316. The van der Waals surface area contributed by atoms with Crippen LogP contribution in [0, 0.1) is 0 Å². The molecule has 140 valence electrons. The molecule has 0 aliphatic rings. The number of hydrogen-bond acceptors (Lipinski definition) is 4. The molecular weight excluding hydrogens is 352 g/mol. The van der Waals surface area contributed by atoms with Crippen LogP contribution in [0.15, 0.2) is 54.6 Å². The molecular formula is C19H24N2O4S. The normalized spacial score (nSPS) is 11.0. The van der Waals surface area contributed by atoms with E-state index in [1.807, 2.05) is 37.3 Å². The van der Waals surface area contributed by atoms with Crippen molar-refractivity contribution in [3.8, 4) is 5.75 Å². The van der Waals surface area contributed by atoms with Crippen molar-refractivity contribution in [2.75, 3.05) is 30.8 Å². The quantitative estimate of drug-likeness (QED) is 0.710. The third kappa shape index (κ3) is 5.23. The number of nitrogens with zero attached hydrogens (tertiary/aromatic N) is 2. The van der Waals surface area contributed by atoms with Crippen LogP contribution >= 0.6 is 0 Å². The number of ether oxygens (including phenoxy) is 1. The van der Waals surface area contributed by atoms with E-state index >= 15 is 0 Å². The molecule has 0 N–H and O–H groups in total. The van der Waals surface area contributed by atoms with Gasteiger partial charge in [0.2, 0.25) is 15.9 Å². The lowest BCUT2D eigenvalue weighted by atomic mass is 10.2. The van der Waals surface area contributed by atoms with E-state index in [1.165, 1.54) is 7.11 Å². The summed E-state index contributed by atoms with van der Waals surface area (Å²) in [4.78, 5) is 14.4. The lowest BCUT2D eigenvalue weighted by molar-refractivity contribution is -0.129. The maximum absolute atomic E-state index is 12.7. The molecule has 0 aliphatic carbocycles. The summed E-state index contributed by atoms with van der Waals surface area (Å²) in [6, 6.07) is 16.2. The fourth-order valence-corrected chi connectivity index (χ4v) is 3.40. The van der Waals surface area contributed by atoms with Crippen molar-refractivity contribution in [2.45, 2.75) is 13.5 Å². The van der Waals surface area contributed by atoms with E-state index < -0.39 is 10.0 Å². The molecule has 1 amide bonds. The van der Waals surface area contributed by atoms with Gasteiger partial charge < -0.3 is 9.64 Å². The summed E-state index contributed by atoms with van der Waals surface area (Å²) < 4.78 is 30.6. The lowest BCUT2D eigenvalue weighted by Gasteiger charge is -2.27. The molecule has 2 aromatic carbocycles. The monoisotopic (exact) mass is 376 g/mol. The SMILES string of the molecule is CCN(Cc1ccccc1)C(=O)CN(c1ccc(OC)cc1)S(C)(=O)=O. The zero-order valence-corrected chi connectivity index (χ0v) is 16.1. The molecule has 0 saturated carbocycles. The molecule has 26 heavy (non-hydrogen) atoms. The molecule has 0 unspecified atom stereocenters. The van der Waals surface area contributed by atoms with E-state index in [4.69, 9.17) is 4.74 Å². The number of methoxy groups -OCH3 is 1. The molecule has 0 aromatic heterocycles. The summed E-state index contributed by atoms with van der Waals surface area (Å²) in [6.45, 7) is 2.56. The third-order valence-corrected chi connectivity index (χ3v) is 5.13. The molecule has 0 spiro atoms. The molecule has 6 nitrogen and oxygen atoms in total. The van der Waals surface area contributed by atoms with Gasteiger partial charge in [-0.2, -0.15) is 0 Å². The average Bonchev–Trinajstić information content (AvgIpc) is 2.64. The van der Waals surface area contributed by atoms with E-state index in [-0.39, 0.29) is 12.5 Å². The van der Waals surface area contributed by atoms with E-state index in [2.05, 4.69) is 0 Å². The Kier molecular flexibility index (Phi) is 6.63.